The van der Waals surface area contributed by atoms with Gasteiger partial charge in [-0.3, -0.25) is 9.59 Å². The minimum atomic E-state index is -0.981. The van der Waals surface area contributed by atoms with E-state index in [2.05, 4.69) is 9.80 Å². The molecule has 0 aromatic rings. The molecule has 0 saturated carbocycles. The molecule has 0 aliphatic heterocycles. The summed E-state index contributed by atoms with van der Waals surface area (Å²) in [6.45, 7) is 2.82. The molecule has 0 heterocycles. The second-order valence-corrected chi connectivity index (χ2v) is 4.22. The van der Waals surface area contributed by atoms with E-state index in [0.29, 0.717) is 13.2 Å². The summed E-state index contributed by atoms with van der Waals surface area (Å²) in [5, 5.41) is 8.38. The van der Waals surface area contributed by atoms with Crippen molar-refractivity contribution >= 4 is 11.9 Å². The average Bonchev–Trinajstić information content (AvgIpc) is 2.23. The third-order valence-electron chi connectivity index (χ3n) is 2.21. The molecule has 0 aromatic heterocycles. The average molecular weight is 246 g/mol. The second-order valence-electron chi connectivity index (χ2n) is 4.22. The van der Waals surface area contributed by atoms with Gasteiger partial charge in [0.2, 0.25) is 0 Å². The molecule has 6 nitrogen and oxygen atoms in total. The number of rotatable bonds is 9. The van der Waals surface area contributed by atoms with Crippen LogP contribution >= 0.6 is 0 Å². The van der Waals surface area contributed by atoms with E-state index >= 15 is 0 Å². The zero-order chi connectivity index (χ0) is 13.3. The van der Waals surface area contributed by atoms with Gasteiger partial charge in [0.25, 0.3) is 0 Å². The maximum absolute atomic E-state index is 11.1. The summed E-state index contributed by atoms with van der Waals surface area (Å²) in [4.78, 5) is 25.4. The van der Waals surface area contributed by atoms with Crippen molar-refractivity contribution in [1.82, 2.24) is 9.80 Å². The van der Waals surface area contributed by atoms with Gasteiger partial charge in [0, 0.05) is 19.6 Å². The number of hydrogen-bond acceptors (Lipinski definition) is 5. The lowest BCUT2D eigenvalue weighted by Gasteiger charge is -2.18. The van der Waals surface area contributed by atoms with E-state index in [-0.39, 0.29) is 12.8 Å². The Labute approximate surface area is 102 Å². The molecule has 0 spiro atoms. The first kappa shape index (κ1) is 15.9. The van der Waals surface area contributed by atoms with Crippen LogP contribution < -0.4 is 0 Å². The Balaban J connectivity index is 3.48. The zero-order valence-corrected chi connectivity index (χ0v) is 10.8. The number of nitrogens with zero attached hydrogens (tertiary/aromatic N) is 2. The van der Waals surface area contributed by atoms with Gasteiger partial charge in [-0.05, 0) is 21.1 Å². The third-order valence-corrected chi connectivity index (χ3v) is 2.21. The predicted molar refractivity (Wildman–Crippen MR) is 63.9 cm³/mol. The molecule has 0 unspecified atom stereocenters. The minimum absolute atomic E-state index is 0.0588. The highest BCUT2D eigenvalue weighted by molar-refractivity contribution is 5.76. The van der Waals surface area contributed by atoms with Gasteiger partial charge in [0.05, 0.1) is 12.8 Å². The normalized spacial score (nSPS) is 10.9. The molecule has 0 radical (unpaired) electrons. The van der Waals surface area contributed by atoms with Gasteiger partial charge >= 0.3 is 11.9 Å². The molecule has 17 heavy (non-hydrogen) atoms. The smallest absolute Gasteiger partial charge is 0.306 e. The summed E-state index contributed by atoms with van der Waals surface area (Å²) >= 11 is 0. The second kappa shape index (κ2) is 8.95. The lowest BCUT2D eigenvalue weighted by molar-refractivity contribution is -0.148. The minimum Gasteiger partial charge on any atom is -0.481 e. The fourth-order valence-corrected chi connectivity index (χ4v) is 1.08. The Hall–Kier alpha value is -1.14. The van der Waals surface area contributed by atoms with Crippen molar-refractivity contribution in [3.05, 3.63) is 0 Å². The number of esters is 1. The highest BCUT2D eigenvalue weighted by atomic mass is 16.5. The molecule has 0 atom stereocenters. The molecule has 0 aromatic carbocycles. The van der Waals surface area contributed by atoms with Crippen molar-refractivity contribution in [3.63, 3.8) is 0 Å². The molecular weight excluding hydrogens is 224 g/mol. The number of carbonyl (C=O) groups is 2. The number of likely N-dealkylation sites (N-methyl/N-ethyl adjacent to an activating group) is 2. The summed E-state index contributed by atoms with van der Waals surface area (Å²) in [6.07, 6.45) is -0.230. The SMILES string of the molecule is CN(C)CCN(C)CCOC(=O)CCC(=O)O. The zero-order valence-electron chi connectivity index (χ0n) is 10.8. The van der Waals surface area contributed by atoms with Crippen LogP contribution in [-0.2, 0) is 14.3 Å². The highest BCUT2D eigenvalue weighted by Gasteiger charge is 2.07. The molecule has 1 N–H and O–H groups in total. The van der Waals surface area contributed by atoms with Gasteiger partial charge in [0.15, 0.2) is 0 Å². The van der Waals surface area contributed by atoms with Gasteiger partial charge in [-0.1, -0.05) is 0 Å². The molecule has 0 bridgehead atoms. The lowest BCUT2D eigenvalue weighted by Crippen LogP contribution is -2.31. The van der Waals surface area contributed by atoms with E-state index in [1.807, 2.05) is 21.1 Å². The van der Waals surface area contributed by atoms with E-state index in [0.717, 1.165) is 13.1 Å². The summed E-state index contributed by atoms with van der Waals surface area (Å²) in [7, 11) is 5.95. The number of carboxylic acid groups (broad SMARTS) is 1. The quantitative estimate of drug-likeness (QED) is 0.572. The van der Waals surface area contributed by atoms with E-state index in [9.17, 15) is 9.59 Å². The van der Waals surface area contributed by atoms with Crippen LogP contribution in [0.15, 0.2) is 0 Å². The molecular formula is C11H22N2O4. The first-order valence-electron chi connectivity index (χ1n) is 5.62. The van der Waals surface area contributed by atoms with E-state index in [1.54, 1.807) is 0 Å². The topological polar surface area (TPSA) is 70.1 Å². The number of carboxylic acids is 1. The fourth-order valence-electron chi connectivity index (χ4n) is 1.08. The van der Waals surface area contributed by atoms with Crippen LogP contribution in [-0.4, -0.2) is 74.2 Å². The number of aliphatic carboxylic acids is 1. The van der Waals surface area contributed by atoms with Crippen LogP contribution in [0.5, 0.6) is 0 Å². The third kappa shape index (κ3) is 11.1. The summed E-state index contributed by atoms with van der Waals surface area (Å²) in [6, 6.07) is 0. The largest absolute Gasteiger partial charge is 0.481 e. The van der Waals surface area contributed by atoms with Gasteiger partial charge in [-0.2, -0.15) is 0 Å². The van der Waals surface area contributed by atoms with Crippen molar-refractivity contribution in [2.24, 2.45) is 0 Å². The van der Waals surface area contributed by atoms with Crippen molar-refractivity contribution in [3.8, 4) is 0 Å². The Morgan fingerprint density at radius 2 is 1.71 bits per heavy atom. The summed E-state index contributed by atoms with van der Waals surface area (Å²) in [5.74, 6) is -1.43. The van der Waals surface area contributed by atoms with E-state index in [4.69, 9.17) is 9.84 Å². The molecule has 6 heteroatoms. The highest BCUT2D eigenvalue weighted by Crippen LogP contribution is 1.93. The molecule has 0 rings (SSSR count). The summed E-state index contributed by atoms with van der Waals surface area (Å²) in [5.41, 5.74) is 0. The molecule has 0 aliphatic rings. The van der Waals surface area contributed by atoms with Crippen LogP contribution in [0, 0.1) is 0 Å². The van der Waals surface area contributed by atoms with Crippen molar-refractivity contribution in [1.29, 1.82) is 0 Å². The Bertz CT molecular complexity index is 244. The van der Waals surface area contributed by atoms with Crippen molar-refractivity contribution in [2.75, 3.05) is 47.4 Å². The van der Waals surface area contributed by atoms with Gasteiger partial charge < -0.3 is 19.6 Å². The molecule has 0 amide bonds. The number of ether oxygens (including phenoxy) is 1. The van der Waals surface area contributed by atoms with Gasteiger partial charge in [-0.25, -0.2) is 0 Å². The molecule has 0 aliphatic carbocycles. The Kier molecular flexibility index (Phi) is 8.35. The number of hydrogen-bond donors (Lipinski definition) is 1. The predicted octanol–water partition coefficient (Wildman–Crippen LogP) is -0.112. The fraction of sp³-hybridized carbons (Fsp3) is 0.818. The van der Waals surface area contributed by atoms with Crippen LogP contribution in [0.3, 0.4) is 0 Å². The van der Waals surface area contributed by atoms with Crippen molar-refractivity contribution < 1.29 is 19.4 Å². The first-order valence-corrected chi connectivity index (χ1v) is 5.62. The van der Waals surface area contributed by atoms with Gasteiger partial charge in [-0.15, -0.1) is 0 Å². The molecule has 0 fully saturated rings. The lowest BCUT2D eigenvalue weighted by atomic mass is 10.3. The maximum Gasteiger partial charge on any atom is 0.306 e. The number of carbonyl (C=O) groups excluding carboxylic acids is 1. The summed E-state index contributed by atoms with van der Waals surface area (Å²) < 4.78 is 4.91. The molecule has 100 valence electrons. The van der Waals surface area contributed by atoms with E-state index in [1.165, 1.54) is 0 Å². The van der Waals surface area contributed by atoms with Gasteiger partial charge in [0.1, 0.15) is 6.61 Å². The maximum atomic E-state index is 11.1. The van der Waals surface area contributed by atoms with E-state index < -0.39 is 11.9 Å². The first-order chi connectivity index (χ1) is 7.91. The monoisotopic (exact) mass is 246 g/mol. The standard InChI is InChI=1S/C11H22N2O4/c1-12(2)6-7-13(3)8-9-17-11(16)5-4-10(14)15/h4-9H2,1-3H3,(H,14,15). The molecule has 0 saturated heterocycles. The van der Waals surface area contributed by atoms with Crippen molar-refractivity contribution in [2.45, 2.75) is 12.8 Å². The Morgan fingerprint density at radius 3 is 2.24 bits per heavy atom. The van der Waals surface area contributed by atoms with Crippen LogP contribution in [0.2, 0.25) is 0 Å². The van der Waals surface area contributed by atoms with Crippen LogP contribution in [0.4, 0.5) is 0 Å². The Morgan fingerprint density at radius 1 is 1.06 bits per heavy atom. The van der Waals surface area contributed by atoms with Crippen LogP contribution in [0.25, 0.3) is 0 Å². The van der Waals surface area contributed by atoms with Crippen LogP contribution in [0.1, 0.15) is 12.8 Å².